The quantitative estimate of drug-likeness (QED) is 0.387. The highest BCUT2D eigenvalue weighted by molar-refractivity contribution is 6.37. The maximum absolute atomic E-state index is 10.2. The summed E-state index contributed by atoms with van der Waals surface area (Å²) < 4.78 is 0. The maximum Gasteiger partial charge on any atom is 0.232 e. The van der Waals surface area contributed by atoms with Crippen LogP contribution < -0.4 is 5.32 Å². The summed E-state index contributed by atoms with van der Waals surface area (Å²) in [4.78, 5) is 23.5. The smallest absolute Gasteiger partial charge is 0.232 e. The molecule has 0 spiro atoms. The molecule has 16 heavy (non-hydrogen) atoms. The molecule has 0 aromatic carbocycles. The molecule has 1 aromatic heterocycles. The number of carbonyl (C=O) groups is 1. The van der Waals surface area contributed by atoms with E-state index in [2.05, 4.69) is 20.3 Å². The molecule has 1 amide bonds. The summed E-state index contributed by atoms with van der Waals surface area (Å²) in [6, 6.07) is 0. The molecule has 0 aliphatic heterocycles. The minimum Gasteiger partial charge on any atom is -0.369 e. The fourth-order valence-corrected chi connectivity index (χ4v) is 1.28. The van der Waals surface area contributed by atoms with Crippen molar-refractivity contribution in [1.82, 2.24) is 14.9 Å². The molecule has 0 saturated carbocycles. The van der Waals surface area contributed by atoms with Crippen LogP contribution in [0.4, 0.5) is 11.6 Å². The van der Waals surface area contributed by atoms with Crippen molar-refractivity contribution in [2.45, 2.75) is 0 Å². The van der Waals surface area contributed by atoms with Gasteiger partial charge < -0.3 is 4.90 Å². The zero-order valence-corrected chi connectivity index (χ0v) is 10.1. The first-order chi connectivity index (χ1) is 7.54. The third-order valence-corrected chi connectivity index (χ3v) is 1.93. The Balaban J connectivity index is 3.07. The van der Waals surface area contributed by atoms with Gasteiger partial charge in [0.2, 0.25) is 12.4 Å². The Bertz CT molecular complexity index is 398. The highest BCUT2D eigenvalue weighted by atomic mass is 35.5. The van der Waals surface area contributed by atoms with Crippen molar-refractivity contribution < 1.29 is 4.79 Å². The number of anilines is 1. The Morgan fingerprint density at radius 3 is 2.31 bits per heavy atom. The zero-order chi connectivity index (χ0) is 12.1. The fourth-order valence-electron chi connectivity index (χ4n) is 0.799. The van der Waals surface area contributed by atoms with E-state index >= 15 is 0 Å². The summed E-state index contributed by atoms with van der Waals surface area (Å²) in [5.74, 6) is 0.0359. The molecule has 6 nitrogen and oxygen atoms in total. The molecule has 1 N–H and O–H groups in total. The zero-order valence-electron chi connectivity index (χ0n) is 8.61. The average molecular weight is 262 g/mol. The Morgan fingerprint density at radius 2 is 1.88 bits per heavy atom. The number of nitrogens with zero attached hydrogens (tertiary/aromatic N) is 4. The lowest BCUT2D eigenvalue weighted by Crippen LogP contribution is -2.07. The molecule has 0 bridgehead atoms. The van der Waals surface area contributed by atoms with Crippen LogP contribution in [0.2, 0.25) is 10.3 Å². The molecule has 1 aromatic rings. The topological polar surface area (TPSA) is 70.5 Å². The molecule has 1 heterocycles. The summed E-state index contributed by atoms with van der Waals surface area (Å²) in [6.07, 6.45) is 1.95. The molecule has 0 aliphatic carbocycles. The van der Waals surface area contributed by atoms with Crippen molar-refractivity contribution in [3.05, 3.63) is 10.3 Å². The third-order valence-electron chi connectivity index (χ3n) is 1.40. The van der Waals surface area contributed by atoms with Crippen LogP contribution in [-0.2, 0) is 4.79 Å². The molecule has 0 radical (unpaired) electrons. The number of aliphatic imine (C=N–C) groups is 1. The number of halogens is 2. The number of nitrogens with one attached hydrogen (secondary N) is 1. The first-order valence-corrected chi connectivity index (χ1v) is 4.94. The third kappa shape index (κ3) is 3.32. The summed E-state index contributed by atoms with van der Waals surface area (Å²) in [5.41, 5.74) is 0.258. The van der Waals surface area contributed by atoms with E-state index in [0.29, 0.717) is 6.41 Å². The van der Waals surface area contributed by atoms with E-state index < -0.39 is 0 Å². The van der Waals surface area contributed by atoms with Crippen LogP contribution in [0.3, 0.4) is 0 Å². The van der Waals surface area contributed by atoms with Gasteiger partial charge in [0.1, 0.15) is 5.69 Å². The molecule has 0 fully saturated rings. The van der Waals surface area contributed by atoms with Gasteiger partial charge in [0.05, 0.1) is 6.34 Å². The maximum atomic E-state index is 10.2. The molecule has 0 saturated heterocycles. The van der Waals surface area contributed by atoms with Crippen LogP contribution in [0.5, 0.6) is 0 Å². The molecular formula is C8H9Cl2N5O. The van der Waals surface area contributed by atoms with Gasteiger partial charge in [0, 0.05) is 14.1 Å². The number of rotatable bonds is 4. The molecule has 0 aliphatic rings. The lowest BCUT2D eigenvalue weighted by atomic mass is 10.5. The van der Waals surface area contributed by atoms with E-state index in [4.69, 9.17) is 23.2 Å². The summed E-state index contributed by atoms with van der Waals surface area (Å²) in [5, 5.41) is 2.39. The number of carbonyl (C=O) groups excluding carboxylic acids is 1. The number of hydrogen-bond acceptors (Lipinski definition) is 4. The normalized spacial score (nSPS) is 10.5. The molecular weight excluding hydrogens is 253 g/mol. The SMILES string of the molecule is CN(C)C=Nc1c(Cl)nc(NC=O)nc1Cl. The van der Waals surface area contributed by atoms with E-state index in [0.717, 1.165) is 0 Å². The first-order valence-electron chi connectivity index (χ1n) is 4.18. The highest BCUT2D eigenvalue weighted by Gasteiger charge is 2.10. The van der Waals surface area contributed by atoms with Gasteiger partial charge in [-0.3, -0.25) is 10.1 Å². The lowest BCUT2D eigenvalue weighted by molar-refractivity contribution is -0.105. The Hall–Kier alpha value is -1.40. The summed E-state index contributed by atoms with van der Waals surface area (Å²) in [7, 11) is 3.60. The summed E-state index contributed by atoms with van der Waals surface area (Å²) in [6.45, 7) is 0. The van der Waals surface area contributed by atoms with E-state index in [9.17, 15) is 4.79 Å². The van der Waals surface area contributed by atoms with E-state index in [1.165, 1.54) is 6.34 Å². The fraction of sp³-hybridized carbons (Fsp3) is 0.250. The van der Waals surface area contributed by atoms with Gasteiger partial charge in [-0.05, 0) is 0 Å². The number of amides is 1. The van der Waals surface area contributed by atoms with Crippen LogP contribution in [0.25, 0.3) is 0 Å². The van der Waals surface area contributed by atoms with Crippen LogP contribution in [-0.4, -0.2) is 41.7 Å². The van der Waals surface area contributed by atoms with Gasteiger partial charge >= 0.3 is 0 Å². The second-order valence-electron chi connectivity index (χ2n) is 2.95. The summed E-state index contributed by atoms with van der Waals surface area (Å²) >= 11 is 11.7. The second-order valence-corrected chi connectivity index (χ2v) is 3.66. The minimum absolute atomic E-state index is 0.0359. The Morgan fingerprint density at radius 1 is 1.31 bits per heavy atom. The van der Waals surface area contributed by atoms with E-state index in [-0.39, 0.29) is 21.9 Å². The van der Waals surface area contributed by atoms with Crippen molar-refractivity contribution in [3.63, 3.8) is 0 Å². The largest absolute Gasteiger partial charge is 0.369 e. The Labute approximate surface area is 102 Å². The van der Waals surface area contributed by atoms with Crippen LogP contribution in [0.15, 0.2) is 4.99 Å². The monoisotopic (exact) mass is 261 g/mol. The predicted molar refractivity (Wildman–Crippen MR) is 63.6 cm³/mol. The van der Waals surface area contributed by atoms with Gasteiger partial charge in [0.25, 0.3) is 0 Å². The minimum atomic E-state index is 0.0359. The standard InChI is InChI=1S/C8H9Cl2N5O/c1-15(2)3-11-5-6(9)13-8(12-4-16)14-7(5)10/h3-4H,1-2H3,(H,12,13,14,16). The second kappa shape index (κ2) is 5.62. The van der Waals surface area contributed by atoms with Gasteiger partial charge in [0.15, 0.2) is 10.3 Å². The van der Waals surface area contributed by atoms with Crippen LogP contribution in [0.1, 0.15) is 0 Å². The van der Waals surface area contributed by atoms with Crippen molar-refractivity contribution in [2.24, 2.45) is 4.99 Å². The molecule has 0 unspecified atom stereocenters. The molecule has 0 atom stereocenters. The number of hydrogen-bond donors (Lipinski definition) is 1. The Kier molecular flexibility index (Phi) is 4.45. The van der Waals surface area contributed by atoms with Crippen LogP contribution >= 0.6 is 23.2 Å². The van der Waals surface area contributed by atoms with Gasteiger partial charge in [-0.1, -0.05) is 23.2 Å². The molecule has 86 valence electrons. The van der Waals surface area contributed by atoms with Gasteiger partial charge in [-0.2, -0.15) is 9.97 Å². The first kappa shape index (κ1) is 12.7. The number of aromatic nitrogens is 2. The molecule has 1 rings (SSSR count). The van der Waals surface area contributed by atoms with Crippen molar-refractivity contribution >= 4 is 47.6 Å². The predicted octanol–water partition coefficient (Wildman–Crippen LogP) is 1.57. The van der Waals surface area contributed by atoms with Crippen molar-refractivity contribution in [1.29, 1.82) is 0 Å². The van der Waals surface area contributed by atoms with E-state index in [1.54, 1.807) is 19.0 Å². The van der Waals surface area contributed by atoms with Gasteiger partial charge in [-0.25, -0.2) is 4.99 Å². The average Bonchev–Trinajstić information content (AvgIpc) is 2.16. The van der Waals surface area contributed by atoms with E-state index in [1.807, 2.05) is 0 Å². The van der Waals surface area contributed by atoms with Crippen molar-refractivity contribution in [2.75, 3.05) is 19.4 Å². The lowest BCUT2D eigenvalue weighted by Gasteiger charge is -2.05. The van der Waals surface area contributed by atoms with Crippen molar-refractivity contribution in [3.8, 4) is 0 Å². The molecule has 8 heteroatoms. The van der Waals surface area contributed by atoms with Crippen LogP contribution in [0, 0.1) is 0 Å². The van der Waals surface area contributed by atoms with Gasteiger partial charge in [-0.15, -0.1) is 0 Å². The highest BCUT2D eigenvalue weighted by Crippen LogP contribution is 2.30.